The van der Waals surface area contributed by atoms with E-state index in [2.05, 4.69) is 11.8 Å². The van der Waals surface area contributed by atoms with Gasteiger partial charge in [0.2, 0.25) is 0 Å². The zero-order valence-corrected chi connectivity index (χ0v) is 15.1. The largest absolute Gasteiger partial charge is 0.444 e. The van der Waals surface area contributed by atoms with Gasteiger partial charge in [-0.2, -0.15) is 0 Å². The highest BCUT2D eigenvalue weighted by molar-refractivity contribution is 7.85. The lowest BCUT2D eigenvalue weighted by atomic mass is 10.1. The van der Waals surface area contributed by atoms with Crippen LogP contribution in [0.1, 0.15) is 25.3 Å². The summed E-state index contributed by atoms with van der Waals surface area (Å²) in [5, 5.41) is 7.70. The summed E-state index contributed by atoms with van der Waals surface area (Å²) in [7, 11) is -1.56. The van der Waals surface area contributed by atoms with Crippen molar-refractivity contribution in [2.24, 2.45) is 0 Å². The Labute approximate surface area is 152 Å². The van der Waals surface area contributed by atoms with Crippen molar-refractivity contribution in [3.63, 3.8) is 0 Å². The van der Waals surface area contributed by atoms with Crippen LogP contribution < -0.4 is 10.4 Å². The molecule has 3 unspecified atom stereocenters. The Balaban J connectivity index is 2.13. The lowest BCUT2D eigenvalue weighted by Crippen LogP contribution is -2.38. The van der Waals surface area contributed by atoms with Crippen molar-refractivity contribution in [3.8, 4) is 11.8 Å². The maximum atomic E-state index is 14.1. The highest BCUT2D eigenvalue weighted by Gasteiger charge is 2.36. The molecular weight excluding hydrogens is 363 g/mol. The number of ether oxygens (including phenoxy) is 1. The lowest BCUT2D eigenvalue weighted by Gasteiger charge is -2.16. The molecule has 0 aromatic heterocycles. The molecule has 9 heteroatoms. The van der Waals surface area contributed by atoms with Crippen molar-refractivity contribution in [3.05, 3.63) is 29.6 Å². The van der Waals surface area contributed by atoms with Gasteiger partial charge in [-0.3, -0.25) is 19.1 Å². The summed E-state index contributed by atoms with van der Waals surface area (Å²) >= 11 is 0. The highest BCUT2D eigenvalue weighted by Crippen LogP contribution is 2.26. The van der Waals surface area contributed by atoms with E-state index in [9.17, 15) is 18.2 Å². The van der Waals surface area contributed by atoms with E-state index in [4.69, 9.17) is 9.94 Å². The van der Waals surface area contributed by atoms with E-state index < -0.39 is 40.0 Å². The first-order valence-corrected chi connectivity index (χ1v) is 9.52. The number of amides is 2. The summed E-state index contributed by atoms with van der Waals surface area (Å²) in [5.41, 5.74) is 2.00. The predicted octanol–water partition coefficient (Wildman–Crippen LogP) is 1.56. The van der Waals surface area contributed by atoms with Crippen LogP contribution in [0.2, 0.25) is 0 Å². The molecule has 2 rings (SSSR count). The van der Waals surface area contributed by atoms with Gasteiger partial charge in [-0.25, -0.2) is 14.7 Å². The van der Waals surface area contributed by atoms with Gasteiger partial charge in [0.1, 0.15) is 17.2 Å². The quantitative estimate of drug-likeness (QED) is 0.458. The minimum Gasteiger partial charge on any atom is -0.444 e. The number of carbonyl (C=O) groups is 2. The number of nitrogens with zero attached hydrogens (tertiary/aromatic N) is 1. The molecule has 0 spiro atoms. The molecule has 1 aromatic rings. The molecule has 1 heterocycles. The Hall–Kier alpha value is -2.44. The van der Waals surface area contributed by atoms with Crippen LogP contribution in [0, 0.1) is 17.7 Å². The fourth-order valence-electron chi connectivity index (χ4n) is 2.52. The molecule has 0 aliphatic carbocycles. The van der Waals surface area contributed by atoms with E-state index in [1.165, 1.54) is 28.8 Å². The van der Waals surface area contributed by atoms with Crippen LogP contribution >= 0.6 is 0 Å². The number of cyclic esters (lactones) is 1. The van der Waals surface area contributed by atoms with Crippen molar-refractivity contribution in [1.29, 1.82) is 0 Å². The maximum Gasteiger partial charge on any atom is 0.414 e. The van der Waals surface area contributed by atoms with Crippen molar-refractivity contribution in [1.82, 2.24) is 5.48 Å². The molecular formula is C17H19FN2O5S. The number of hydrogen-bond acceptors (Lipinski definition) is 5. The van der Waals surface area contributed by atoms with Gasteiger partial charge < -0.3 is 4.74 Å². The van der Waals surface area contributed by atoms with Crippen LogP contribution in [0.3, 0.4) is 0 Å². The van der Waals surface area contributed by atoms with Crippen LogP contribution in [0.4, 0.5) is 14.9 Å². The monoisotopic (exact) mass is 382 g/mol. The Morgan fingerprint density at radius 3 is 2.88 bits per heavy atom. The molecule has 1 aliphatic heterocycles. The molecule has 0 saturated carbocycles. The molecule has 1 aliphatic rings. The molecule has 140 valence electrons. The average Bonchev–Trinajstić information content (AvgIpc) is 2.98. The molecule has 1 fully saturated rings. The van der Waals surface area contributed by atoms with Crippen molar-refractivity contribution >= 4 is 28.5 Å². The first-order valence-electron chi connectivity index (χ1n) is 7.90. The second-order valence-corrected chi connectivity index (χ2v) is 7.20. The van der Waals surface area contributed by atoms with Crippen LogP contribution in [0.25, 0.3) is 0 Å². The number of carbonyl (C=O) groups excluding carboxylic acids is 2. The van der Waals surface area contributed by atoms with E-state index in [0.29, 0.717) is 12.1 Å². The second kappa shape index (κ2) is 8.78. The minimum absolute atomic E-state index is 0.0275. The third kappa shape index (κ3) is 4.59. The Morgan fingerprint density at radius 1 is 1.58 bits per heavy atom. The highest BCUT2D eigenvalue weighted by atomic mass is 32.2. The van der Waals surface area contributed by atoms with E-state index in [1.54, 1.807) is 6.07 Å². The standard InChI is InChI=1S/C17H19FN2O5S/c1-3-4-5-11-6-7-12(8-14(11)18)20-10-13(25-17(20)22)9-15(26(2)24)16(21)19-23/h6-8,13,15,23H,3,9-10H2,1-2H3,(H,19,21). The van der Waals surface area contributed by atoms with Crippen LogP contribution in [-0.4, -0.2) is 45.6 Å². The zero-order chi connectivity index (χ0) is 19.3. The van der Waals surface area contributed by atoms with Gasteiger partial charge in [-0.05, 0) is 18.2 Å². The SMILES string of the molecule is CCC#Cc1ccc(N2CC(CC(C(=O)NO)S(C)=O)OC2=O)cc1F. The van der Waals surface area contributed by atoms with Gasteiger partial charge in [-0.15, -0.1) is 0 Å². The summed E-state index contributed by atoms with van der Waals surface area (Å²) in [5.74, 6) is 4.11. The average molecular weight is 382 g/mol. The zero-order valence-electron chi connectivity index (χ0n) is 14.3. The van der Waals surface area contributed by atoms with Crippen molar-refractivity contribution in [2.45, 2.75) is 31.1 Å². The summed E-state index contributed by atoms with van der Waals surface area (Å²) in [4.78, 5) is 24.9. The number of anilines is 1. The third-order valence-electron chi connectivity index (χ3n) is 3.82. The normalized spacial score (nSPS) is 18.5. The van der Waals surface area contributed by atoms with Gasteiger partial charge in [0.05, 0.1) is 17.8 Å². The number of hydroxylamine groups is 1. The van der Waals surface area contributed by atoms with Crippen LogP contribution in [0.15, 0.2) is 18.2 Å². The van der Waals surface area contributed by atoms with Crippen LogP contribution in [-0.2, 0) is 20.3 Å². The number of benzene rings is 1. The molecule has 26 heavy (non-hydrogen) atoms. The van der Waals surface area contributed by atoms with E-state index in [-0.39, 0.29) is 18.5 Å². The Morgan fingerprint density at radius 2 is 2.31 bits per heavy atom. The van der Waals surface area contributed by atoms with Crippen molar-refractivity contribution < 1.29 is 28.1 Å². The van der Waals surface area contributed by atoms with Gasteiger partial charge >= 0.3 is 6.09 Å². The molecule has 2 N–H and O–H groups in total. The van der Waals surface area contributed by atoms with Crippen LogP contribution in [0.5, 0.6) is 0 Å². The van der Waals surface area contributed by atoms with E-state index in [1.807, 2.05) is 6.92 Å². The predicted molar refractivity (Wildman–Crippen MR) is 93.6 cm³/mol. The summed E-state index contributed by atoms with van der Waals surface area (Å²) < 4.78 is 31.0. The van der Waals surface area contributed by atoms with E-state index in [0.717, 1.165) is 0 Å². The number of nitrogens with one attached hydrogen (secondary N) is 1. The summed E-state index contributed by atoms with van der Waals surface area (Å²) in [6, 6.07) is 4.23. The van der Waals surface area contributed by atoms with Gasteiger partial charge in [0.25, 0.3) is 5.91 Å². The number of halogens is 1. The van der Waals surface area contributed by atoms with E-state index >= 15 is 0 Å². The van der Waals surface area contributed by atoms with Gasteiger partial charge in [0.15, 0.2) is 0 Å². The molecule has 2 amide bonds. The molecule has 3 atom stereocenters. The number of rotatable bonds is 5. The number of hydrogen-bond donors (Lipinski definition) is 2. The summed E-state index contributed by atoms with van der Waals surface area (Å²) in [6.07, 6.45) is 0.492. The summed E-state index contributed by atoms with van der Waals surface area (Å²) in [6.45, 7) is 1.93. The topological polar surface area (TPSA) is 95.9 Å². The molecule has 0 radical (unpaired) electrons. The molecule has 0 bridgehead atoms. The molecule has 7 nitrogen and oxygen atoms in total. The smallest absolute Gasteiger partial charge is 0.414 e. The van der Waals surface area contributed by atoms with Gasteiger partial charge in [0, 0.05) is 29.9 Å². The van der Waals surface area contributed by atoms with Gasteiger partial charge in [-0.1, -0.05) is 18.8 Å². The fraction of sp³-hybridized carbons (Fsp3) is 0.412. The Kier molecular flexibility index (Phi) is 6.71. The first kappa shape index (κ1) is 19.9. The third-order valence-corrected chi connectivity index (χ3v) is 5.03. The second-order valence-electron chi connectivity index (χ2n) is 5.63. The molecule has 1 aromatic carbocycles. The minimum atomic E-state index is -1.56. The first-order chi connectivity index (χ1) is 12.4. The lowest BCUT2D eigenvalue weighted by molar-refractivity contribution is -0.129. The Bertz CT molecular complexity index is 789. The maximum absolute atomic E-state index is 14.1. The molecule has 1 saturated heterocycles. The fourth-order valence-corrected chi connectivity index (χ4v) is 3.36. The van der Waals surface area contributed by atoms with Crippen molar-refractivity contribution in [2.75, 3.05) is 17.7 Å².